The van der Waals surface area contributed by atoms with Crippen molar-refractivity contribution < 1.29 is 0 Å². The first kappa shape index (κ1) is 12.2. The zero-order valence-electron chi connectivity index (χ0n) is 10.9. The fourth-order valence-corrected chi connectivity index (χ4v) is 2.32. The van der Waals surface area contributed by atoms with Gasteiger partial charge in [-0.15, -0.1) is 0 Å². The molecule has 1 aromatic carbocycles. The molecule has 3 aromatic rings. The average molecular weight is 259 g/mol. The fourth-order valence-electron chi connectivity index (χ4n) is 2.32. The maximum Gasteiger partial charge on any atom is 0.0912 e. The number of benzene rings is 1. The van der Waals surface area contributed by atoms with Crippen LogP contribution in [-0.2, 0) is 6.54 Å². The van der Waals surface area contributed by atoms with Gasteiger partial charge in [0.1, 0.15) is 0 Å². The van der Waals surface area contributed by atoms with E-state index in [0.717, 1.165) is 16.9 Å². The van der Waals surface area contributed by atoms with E-state index < -0.39 is 0 Å². The molecule has 2 heterocycles. The highest BCUT2D eigenvalue weighted by atomic mass is 15.0. The zero-order chi connectivity index (χ0) is 13.8. The molecule has 3 heteroatoms. The third-order valence-electron chi connectivity index (χ3n) is 3.22. The number of aromatic nitrogens is 2. The van der Waals surface area contributed by atoms with Gasteiger partial charge in [0.05, 0.1) is 18.3 Å². The van der Waals surface area contributed by atoms with Gasteiger partial charge in [0.15, 0.2) is 0 Å². The van der Waals surface area contributed by atoms with E-state index in [9.17, 15) is 0 Å². The van der Waals surface area contributed by atoms with E-state index >= 15 is 0 Å². The van der Waals surface area contributed by atoms with Crippen LogP contribution in [-0.4, -0.2) is 9.55 Å². The molecule has 0 radical (unpaired) electrons. The maximum absolute atomic E-state index is 8.72. The quantitative estimate of drug-likeness (QED) is 0.674. The lowest BCUT2D eigenvalue weighted by atomic mass is 10.2. The summed E-state index contributed by atoms with van der Waals surface area (Å²) in [7, 11) is 0. The van der Waals surface area contributed by atoms with Gasteiger partial charge in [0, 0.05) is 28.9 Å². The summed E-state index contributed by atoms with van der Waals surface area (Å²) in [5, 5.41) is 9.89. The topological polar surface area (TPSA) is 41.6 Å². The van der Waals surface area contributed by atoms with Crippen LogP contribution in [0.3, 0.4) is 0 Å². The zero-order valence-corrected chi connectivity index (χ0v) is 10.9. The predicted molar refractivity (Wildman–Crippen MR) is 79.9 cm³/mol. The number of allylic oxidation sites excluding steroid dienone is 1. The van der Waals surface area contributed by atoms with E-state index in [1.165, 1.54) is 11.5 Å². The minimum absolute atomic E-state index is 0.694. The van der Waals surface area contributed by atoms with Gasteiger partial charge in [-0.2, -0.15) is 5.26 Å². The minimum atomic E-state index is 0.694. The minimum Gasteiger partial charge on any atom is -0.335 e. The molecule has 2 aromatic heterocycles. The van der Waals surface area contributed by atoms with Gasteiger partial charge in [-0.05, 0) is 30.3 Å². The van der Waals surface area contributed by atoms with Crippen molar-refractivity contribution in [2.24, 2.45) is 0 Å². The molecule has 3 nitrogen and oxygen atoms in total. The standard InChI is InChI=1S/C17H13N3/c18-10-5-8-16-12-14-6-1-2-9-17(14)20(16)13-15-7-3-4-11-19-15/h1-9,11-12H,13H2/b8-5+. The molecule has 96 valence electrons. The first-order valence-electron chi connectivity index (χ1n) is 6.43. The number of hydrogen-bond donors (Lipinski definition) is 0. The Morgan fingerprint density at radius 2 is 2.00 bits per heavy atom. The first-order valence-corrected chi connectivity index (χ1v) is 6.43. The molecule has 0 saturated carbocycles. The van der Waals surface area contributed by atoms with Crippen molar-refractivity contribution in [3.05, 3.63) is 72.2 Å². The van der Waals surface area contributed by atoms with E-state index in [4.69, 9.17) is 5.26 Å². The van der Waals surface area contributed by atoms with Crippen LogP contribution in [0.15, 0.2) is 60.8 Å². The molecule has 0 unspecified atom stereocenters. The van der Waals surface area contributed by atoms with Crippen LogP contribution in [0.5, 0.6) is 0 Å². The summed E-state index contributed by atoms with van der Waals surface area (Å²) in [5.74, 6) is 0. The molecular formula is C17H13N3. The molecule has 0 aliphatic heterocycles. The highest BCUT2D eigenvalue weighted by Crippen LogP contribution is 2.21. The van der Waals surface area contributed by atoms with Crippen molar-refractivity contribution in [2.75, 3.05) is 0 Å². The van der Waals surface area contributed by atoms with E-state index in [0.29, 0.717) is 6.54 Å². The van der Waals surface area contributed by atoms with Gasteiger partial charge in [-0.1, -0.05) is 24.3 Å². The third kappa shape index (κ3) is 2.32. The second-order valence-corrected chi connectivity index (χ2v) is 4.50. The summed E-state index contributed by atoms with van der Waals surface area (Å²) < 4.78 is 2.17. The summed E-state index contributed by atoms with van der Waals surface area (Å²) in [6.07, 6.45) is 5.14. The molecule has 0 aliphatic carbocycles. The molecule has 0 aliphatic rings. The van der Waals surface area contributed by atoms with Gasteiger partial charge in [0.2, 0.25) is 0 Å². The second kappa shape index (κ2) is 5.41. The van der Waals surface area contributed by atoms with Crippen molar-refractivity contribution in [2.45, 2.75) is 6.54 Å². The Hall–Kier alpha value is -2.86. The number of fused-ring (bicyclic) bond motifs is 1. The fraction of sp³-hybridized carbons (Fsp3) is 0.0588. The molecule has 0 saturated heterocycles. The smallest absolute Gasteiger partial charge is 0.0912 e. The van der Waals surface area contributed by atoms with Gasteiger partial charge < -0.3 is 4.57 Å². The first-order chi connectivity index (χ1) is 9.88. The summed E-state index contributed by atoms with van der Waals surface area (Å²) in [6.45, 7) is 0.694. The van der Waals surface area contributed by atoms with Crippen LogP contribution < -0.4 is 0 Å². The summed E-state index contributed by atoms with van der Waals surface area (Å²) >= 11 is 0. The highest BCUT2D eigenvalue weighted by molar-refractivity contribution is 5.83. The molecule has 0 spiro atoms. The number of nitrogens with zero attached hydrogens (tertiary/aromatic N) is 3. The van der Waals surface area contributed by atoms with E-state index in [2.05, 4.69) is 27.8 Å². The molecular weight excluding hydrogens is 246 g/mol. The van der Waals surface area contributed by atoms with Crippen LogP contribution in [0.25, 0.3) is 17.0 Å². The average Bonchev–Trinajstić information content (AvgIpc) is 2.84. The van der Waals surface area contributed by atoms with E-state index in [1.807, 2.05) is 42.5 Å². The lowest BCUT2D eigenvalue weighted by Crippen LogP contribution is -2.02. The Kier molecular flexibility index (Phi) is 3.30. The molecule has 0 atom stereocenters. The third-order valence-corrected chi connectivity index (χ3v) is 3.22. The largest absolute Gasteiger partial charge is 0.335 e. The monoisotopic (exact) mass is 259 g/mol. The number of pyridine rings is 1. The van der Waals surface area contributed by atoms with Crippen molar-refractivity contribution >= 4 is 17.0 Å². The van der Waals surface area contributed by atoms with Gasteiger partial charge in [-0.25, -0.2) is 0 Å². The van der Waals surface area contributed by atoms with E-state index in [1.54, 1.807) is 6.20 Å². The van der Waals surface area contributed by atoms with Gasteiger partial charge >= 0.3 is 0 Å². The summed E-state index contributed by atoms with van der Waals surface area (Å²) in [6, 6.07) is 18.2. The number of rotatable bonds is 3. The van der Waals surface area contributed by atoms with Gasteiger partial charge in [0.25, 0.3) is 0 Å². The Morgan fingerprint density at radius 3 is 2.80 bits per heavy atom. The highest BCUT2D eigenvalue weighted by Gasteiger charge is 2.07. The lowest BCUT2D eigenvalue weighted by Gasteiger charge is -2.07. The van der Waals surface area contributed by atoms with Crippen LogP contribution in [0.1, 0.15) is 11.4 Å². The lowest BCUT2D eigenvalue weighted by molar-refractivity contribution is 0.800. The molecule has 0 fully saturated rings. The maximum atomic E-state index is 8.72. The van der Waals surface area contributed by atoms with Crippen molar-refractivity contribution in [1.82, 2.24) is 9.55 Å². The summed E-state index contributed by atoms with van der Waals surface area (Å²) in [4.78, 5) is 4.37. The second-order valence-electron chi connectivity index (χ2n) is 4.50. The number of nitriles is 1. The Bertz CT molecular complexity index is 792. The van der Waals surface area contributed by atoms with Crippen molar-refractivity contribution in [3.63, 3.8) is 0 Å². The Labute approximate surface area is 117 Å². The molecule has 20 heavy (non-hydrogen) atoms. The molecule has 0 bridgehead atoms. The predicted octanol–water partition coefficient (Wildman–Crippen LogP) is 3.62. The molecule has 0 N–H and O–H groups in total. The van der Waals surface area contributed by atoms with Gasteiger partial charge in [-0.3, -0.25) is 4.98 Å². The van der Waals surface area contributed by atoms with Crippen LogP contribution in [0.4, 0.5) is 0 Å². The van der Waals surface area contributed by atoms with Crippen molar-refractivity contribution in [3.8, 4) is 6.07 Å². The van der Waals surface area contributed by atoms with E-state index in [-0.39, 0.29) is 0 Å². The van der Waals surface area contributed by atoms with Crippen molar-refractivity contribution in [1.29, 1.82) is 5.26 Å². The molecule has 0 amide bonds. The SMILES string of the molecule is N#C/C=C/c1cc2ccccc2n1Cc1ccccn1. The molecule has 3 rings (SSSR count). The normalized spacial score (nSPS) is 10.9. The summed E-state index contributed by atoms with van der Waals surface area (Å²) in [5.41, 5.74) is 3.16. The Morgan fingerprint density at radius 1 is 1.15 bits per heavy atom. The number of hydrogen-bond acceptors (Lipinski definition) is 2. The Balaban J connectivity index is 2.11. The van der Waals surface area contributed by atoms with Crippen LogP contribution in [0.2, 0.25) is 0 Å². The van der Waals surface area contributed by atoms with Crippen LogP contribution in [0, 0.1) is 11.3 Å². The van der Waals surface area contributed by atoms with Crippen LogP contribution >= 0.6 is 0 Å². The number of para-hydroxylation sites is 1.